The maximum atomic E-state index is 12.6. The van der Waals surface area contributed by atoms with E-state index in [0.717, 1.165) is 36.1 Å². The van der Waals surface area contributed by atoms with Gasteiger partial charge in [0.1, 0.15) is 18.1 Å². The second-order valence-electron chi connectivity index (χ2n) is 14.9. The van der Waals surface area contributed by atoms with E-state index in [9.17, 15) is 26.4 Å². The van der Waals surface area contributed by atoms with Gasteiger partial charge in [0.05, 0.1) is 17.0 Å². The molecule has 2 aliphatic rings. The number of nitrogens with two attached hydrogens (primary N) is 1. The Morgan fingerprint density at radius 2 is 1.49 bits per heavy atom. The molecule has 1 amide bonds. The van der Waals surface area contributed by atoms with Crippen molar-refractivity contribution >= 4 is 16.2 Å². The number of aryl methyl sites for hydroxylation is 1. The van der Waals surface area contributed by atoms with Gasteiger partial charge in [0.15, 0.2) is 0 Å². The number of likely N-dealkylation sites (tertiary alicyclic amines) is 1. The summed E-state index contributed by atoms with van der Waals surface area (Å²) in [7, 11) is -4.02. The third-order valence-electron chi connectivity index (χ3n) is 9.91. The van der Waals surface area contributed by atoms with Crippen molar-refractivity contribution in [3.8, 4) is 11.5 Å². The number of amides is 1. The molecular formula is C46H53F3N4O7S. The average Bonchev–Trinajstić information content (AvgIpc) is 3.87. The molecule has 5 N–H and O–H groups in total. The van der Waals surface area contributed by atoms with Crippen molar-refractivity contribution in [1.82, 2.24) is 15.5 Å². The highest BCUT2D eigenvalue weighted by molar-refractivity contribution is 7.85. The van der Waals surface area contributed by atoms with Crippen LogP contribution in [-0.2, 0) is 28.0 Å². The minimum Gasteiger partial charge on any atom is -0.491 e. The SMILES string of the molecule is CC(C)Oc1ccc(OC(F)(F)F)cc1CN[C@H]1CCN[C@H]1c1ccccc1.Cc1ccc(S(=O)(=O)O)cc1.N[C@H]1CCN(C(=O)OCc2ccccc2)[C@H]1c1ccccc1. The highest BCUT2D eigenvalue weighted by atomic mass is 32.2. The van der Waals surface area contributed by atoms with Crippen LogP contribution in [0.4, 0.5) is 18.0 Å². The number of nitrogens with one attached hydrogen (secondary N) is 2. The molecule has 0 saturated carbocycles. The van der Waals surface area contributed by atoms with Crippen molar-refractivity contribution in [3.05, 3.63) is 161 Å². The lowest BCUT2D eigenvalue weighted by molar-refractivity contribution is -0.274. The van der Waals surface area contributed by atoms with Crippen LogP contribution in [0.1, 0.15) is 66.6 Å². The van der Waals surface area contributed by atoms with E-state index < -0.39 is 16.5 Å². The van der Waals surface area contributed by atoms with Crippen LogP contribution < -0.4 is 25.8 Å². The molecule has 2 heterocycles. The number of ether oxygens (including phenoxy) is 3. The molecule has 5 aromatic carbocycles. The molecule has 326 valence electrons. The van der Waals surface area contributed by atoms with Crippen molar-refractivity contribution in [3.63, 3.8) is 0 Å². The van der Waals surface area contributed by atoms with E-state index in [1.807, 2.05) is 99.6 Å². The van der Waals surface area contributed by atoms with Gasteiger partial charge in [-0.3, -0.25) is 9.45 Å². The minimum atomic E-state index is -4.72. The summed E-state index contributed by atoms with van der Waals surface area (Å²) >= 11 is 0. The molecule has 2 fully saturated rings. The summed E-state index contributed by atoms with van der Waals surface area (Å²) in [5.74, 6) is 0.309. The molecular weight excluding hydrogens is 810 g/mol. The van der Waals surface area contributed by atoms with E-state index in [1.165, 1.54) is 35.9 Å². The average molecular weight is 863 g/mol. The van der Waals surface area contributed by atoms with Crippen LogP contribution in [0, 0.1) is 6.92 Å². The Morgan fingerprint density at radius 1 is 0.885 bits per heavy atom. The monoisotopic (exact) mass is 862 g/mol. The summed E-state index contributed by atoms with van der Waals surface area (Å²) in [4.78, 5) is 14.1. The molecule has 11 nitrogen and oxygen atoms in total. The summed E-state index contributed by atoms with van der Waals surface area (Å²) in [6.45, 7) is 7.78. The van der Waals surface area contributed by atoms with Crippen LogP contribution in [0.2, 0.25) is 0 Å². The largest absolute Gasteiger partial charge is 0.573 e. The molecule has 15 heteroatoms. The summed E-state index contributed by atoms with van der Waals surface area (Å²) in [6, 6.07) is 40.1. The van der Waals surface area contributed by atoms with Gasteiger partial charge < -0.3 is 30.6 Å². The van der Waals surface area contributed by atoms with E-state index in [1.54, 1.807) is 17.0 Å². The number of hydrogen-bond acceptors (Lipinski definition) is 9. The maximum absolute atomic E-state index is 12.6. The number of hydrogen-bond donors (Lipinski definition) is 4. The van der Waals surface area contributed by atoms with Gasteiger partial charge in [-0.05, 0) is 87.2 Å². The first-order valence-corrected chi connectivity index (χ1v) is 21.4. The first-order chi connectivity index (χ1) is 29.1. The second-order valence-corrected chi connectivity index (χ2v) is 16.4. The lowest BCUT2D eigenvalue weighted by Crippen LogP contribution is -2.36. The predicted octanol–water partition coefficient (Wildman–Crippen LogP) is 8.90. The third-order valence-corrected chi connectivity index (χ3v) is 10.8. The standard InChI is InChI=1S/C21H25F3N2O2.C18H20N2O2.C7H8O3S/c1-14(2)27-19-9-8-17(28-21(22,23)24)12-16(19)13-26-18-10-11-25-20(18)15-6-4-3-5-7-15;19-16-11-12-20(17(16)15-9-5-2-6-10-15)18(21)22-13-14-7-3-1-4-8-14;1-6-2-4-7(5-3-6)11(8,9)10/h3-9,12,14,18,20,25-26H,10-11,13H2,1-2H3;1-10,16-17H,11-13,19H2;2-5H,1H3,(H,8,9,10)/t18-,20-;16-,17-;/m00./s1. The zero-order chi connectivity index (χ0) is 44.0. The fourth-order valence-corrected chi connectivity index (χ4v) is 7.53. The molecule has 0 spiro atoms. The van der Waals surface area contributed by atoms with E-state index >= 15 is 0 Å². The Bertz CT molecular complexity index is 2220. The molecule has 2 saturated heterocycles. The molecule has 61 heavy (non-hydrogen) atoms. The van der Waals surface area contributed by atoms with Crippen molar-refractivity contribution in [1.29, 1.82) is 0 Å². The number of rotatable bonds is 11. The first kappa shape index (κ1) is 46.6. The molecule has 0 aromatic heterocycles. The van der Waals surface area contributed by atoms with Crippen molar-refractivity contribution in [2.24, 2.45) is 5.73 Å². The maximum Gasteiger partial charge on any atom is 0.573 e. The Kier molecular flexibility index (Phi) is 16.7. The Labute approximate surface area is 355 Å². The molecule has 4 atom stereocenters. The Morgan fingerprint density at radius 3 is 2.08 bits per heavy atom. The van der Waals surface area contributed by atoms with Crippen LogP contribution in [0.25, 0.3) is 0 Å². The summed E-state index contributed by atoms with van der Waals surface area (Å²) in [6.07, 6.45) is -3.39. The highest BCUT2D eigenvalue weighted by Crippen LogP contribution is 2.33. The summed E-state index contributed by atoms with van der Waals surface area (Å²) in [5, 5.41) is 6.95. The van der Waals surface area contributed by atoms with Gasteiger partial charge >= 0.3 is 12.5 Å². The second kappa shape index (κ2) is 21.9. The van der Waals surface area contributed by atoms with E-state index in [0.29, 0.717) is 24.4 Å². The molecule has 2 aliphatic heterocycles. The summed E-state index contributed by atoms with van der Waals surface area (Å²) in [5.41, 5.74) is 11.0. The lowest BCUT2D eigenvalue weighted by Gasteiger charge is -2.26. The normalized spacial score (nSPS) is 18.7. The van der Waals surface area contributed by atoms with Crippen molar-refractivity contribution in [2.75, 3.05) is 13.1 Å². The van der Waals surface area contributed by atoms with E-state index in [4.69, 9.17) is 19.8 Å². The van der Waals surface area contributed by atoms with Gasteiger partial charge in [-0.2, -0.15) is 8.42 Å². The molecule has 0 radical (unpaired) electrons. The van der Waals surface area contributed by atoms with E-state index in [-0.39, 0.29) is 53.6 Å². The van der Waals surface area contributed by atoms with Crippen LogP contribution in [0.3, 0.4) is 0 Å². The van der Waals surface area contributed by atoms with Gasteiger partial charge in [-0.15, -0.1) is 13.2 Å². The fourth-order valence-electron chi connectivity index (χ4n) is 7.05. The number of carbonyl (C=O) groups is 1. The fraction of sp³-hybridized carbons (Fsp3) is 0.326. The zero-order valence-corrected chi connectivity index (χ0v) is 35.1. The number of benzene rings is 5. The zero-order valence-electron chi connectivity index (χ0n) is 34.3. The molecule has 0 bridgehead atoms. The molecule has 7 rings (SSSR count). The Balaban J connectivity index is 0.000000189. The van der Waals surface area contributed by atoms with Crippen LogP contribution >= 0.6 is 0 Å². The summed E-state index contributed by atoms with van der Waals surface area (Å²) < 4.78 is 82.6. The minimum absolute atomic E-state index is 0.0494. The smallest absolute Gasteiger partial charge is 0.491 e. The molecule has 0 unspecified atom stereocenters. The van der Waals surface area contributed by atoms with Gasteiger partial charge in [0.25, 0.3) is 10.1 Å². The topological polar surface area (TPSA) is 152 Å². The first-order valence-electron chi connectivity index (χ1n) is 20.0. The molecule has 5 aromatic rings. The Hall–Kier alpha value is -5.45. The van der Waals surface area contributed by atoms with Crippen LogP contribution in [0.5, 0.6) is 11.5 Å². The van der Waals surface area contributed by atoms with Gasteiger partial charge in [-0.1, -0.05) is 109 Å². The van der Waals surface area contributed by atoms with Gasteiger partial charge in [0, 0.05) is 36.8 Å². The quantitative estimate of drug-likeness (QED) is 0.0948. The van der Waals surface area contributed by atoms with Crippen molar-refractivity contribution in [2.45, 2.75) is 88.3 Å². The number of carbonyl (C=O) groups excluding carboxylic acids is 1. The highest BCUT2D eigenvalue weighted by Gasteiger charge is 2.37. The number of alkyl halides is 3. The van der Waals surface area contributed by atoms with Crippen LogP contribution in [0.15, 0.2) is 138 Å². The van der Waals surface area contributed by atoms with Gasteiger partial charge in [-0.25, -0.2) is 4.79 Å². The third kappa shape index (κ3) is 14.6. The van der Waals surface area contributed by atoms with Crippen LogP contribution in [-0.4, -0.2) is 61.6 Å². The van der Waals surface area contributed by atoms with Gasteiger partial charge in [0.2, 0.25) is 0 Å². The predicted molar refractivity (Wildman–Crippen MR) is 227 cm³/mol. The molecule has 0 aliphatic carbocycles. The number of halogens is 3. The van der Waals surface area contributed by atoms with E-state index in [2.05, 4.69) is 27.5 Å². The van der Waals surface area contributed by atoms with Crippen molar-refractivity contribution < 1.29 is 45.1 Å². The number of nitrogens with zero attached hydrogens (tertiary/aromatic N) is 1. The lowest BCUT2D eigenvalue weighted by atomic mass is 10.0.